The Labute approximate surface area is 156 Å². The van der Waals surface area contributed by atoms with Crippen LogP contribution in [0.2, 0.25) is 0 Å². The van der Waals surface area contributed by atoms with Gasteiger partial charge in [0.15, 0.2) is 6.10 Å². The van der Waals surface area contributed by atoms with E-state index in [1.165, 1.54) is 16.2 Å². The number of thiophene rings is 1. The van der Waals surface area contributed by atoms with Crippen LogP contribution in [0.15, 0.2) is 40.2 Å². The van der Waals surface area contributed by atoms with Crippen LogP contribution in [0.1, 0.15) is 23.9 Å². The number of nitrogens with zero attached hydrogens (tertiary/aromatic N) is 3. The smallest absolute Gasteiger partial charge is 0.263 e. The highest BCUT2D eigenvalue weighted by Gasteiger charge is 2.22. The molecule has 1 unspecified atom stereocenters. The second kappa shape index (κ2) is 7.70. The maximum absolute atomic E-state index is 12.6. The van der Waals surface area contributed by atoms with Gasteiger partial charge in [0.25, 0.3) is 5.91 Å². The van der Waals surface area contributed by atoms with Crippen molar-refractivity contribution in [2.45, 2.75) is 33.4 Å². The second-order valence-electron chi connectivity index (χ2n) is 6.21. The summed E-state index contributed by atoms with van der Waals surface area (Å²) in [6, 6.07) is 9.79. The number of rotatable bonds is 6. The topological polar surface area (TPSA) is 68.5 Å². The number of likely N-dealkylation sites (N-methyl/N-ethyl adjacent to an activating group) is 1. The quantitative estimate of drug-likeness (QED) is 0.658. The number of carbonyl (C=O) groups excluding carboxylic acids is 1. The Morgan fingerprint density at radius 1 is 1.35 bits per heavy atom. The van der Waals surface area contributed by atoms with Gasteiger partial charge in [-0.25, -0.2) is 0 Å². The van der Waals surface area contributed by atoms with Crippen LogP contribution >= 0.6 is 11.3 Å². The van der Waals surface area contributed by atoms with Gasteiger partial charge in [-0.2, -0.15) is 4.98 Å². The third-order valence-corrected chi connectivity index (χ3v) is 4.82. The molecule has 0 saturated carbocycles. The van der Waals surface area contributed by atoms with Crippen molar-refractivity contribution in [3.63, 3.8) is 0 Å². The van der Waals surface area contributed by atoms with Gasteiger partial charge in [0.2, 0.25) is 11.7 Å². The number of amides is 1. The predicted octanol–water partition coefficient (Wildman–Crippen LogP) is 3.84. The molecule has 0 spiro atoms. The zero-order valence-corrected chi connectivity index (χ0v) is 16.0. The first-order chi connectivity index (χ1) is 12.4. The van der Waals surface area contributed by atoms with E-state index in [1.807, 2.05) is 49.6 Å². The lowest BCUT2D eigenvalue weighted by Crippen LogP contribution is -2.37. The lowest BCUT2D eigenvalue weighted by atomic mass is 10.1. The summed E-state index contributed by atoms with van der Waals surface area (Å²) < 4.78 is 11.1. The van der Waals surface area contributed by atoms with Crippen LogP contribution in [0, 0.1) is 13.8 Å². The van der Waals surface area contributed by atoms with Crippen molar-refractivity contribution in [1.82, 2.24) is 15.0 Å². The molecule has 1 aromatic carbocycles. The minimum absolute atomic E-state index is 0.151. The fourth-order valence-electron chi connectivity index (χ4n) is 2.49. The molecule has 0 radical (unpaired) electrons. The summed E-state index contributed by atoms with van der Waals surface area (Å²) in [7, 11) is 1.69. The van der Waals surface area contributed by atoms with Gasteiger partial charge in [-0.05, 0) is 49.4 Å². The van der Waals surface area contributed by atoms with Gasteiger partial charge in [-0.15, -0.1) is 11.3 Å². The van der Waals surface area contributed by atoms with E-state index in [4.69, 9.17) is 9.26 Å². The number of aryl methyl sites for hydroxylation is 2. The van der Waals surface area contributed by atoms with Crippen molar-refractivity contribution in [2.75, 3.05) is 7.05 Å². The molecule has 136 valence electrons. The van der Waals surface area contributed by atoms with Gasteiger partial charge in [0, 0.05) is 7.05 Å². The summed E-state index contributed by atoms with van der Waals surface area (Å²) >= 11 is 1.54. The lowest BCUT2D eigenvalue weighted by Gasteiger charge is -2.21. The summed E-state index contributed by atoms with van der Waals surface area (Å²) in [6.07, 6.45) is -0.611. The standard InChI is InChI=1S/C19H21N3O3S/c1-12-7-8-13(2)15(10-12)24-14(3)19(23)22(4)11-17-20-18(21-25-17)16-6-5-9-26-16/h5-10,14H,11H2,1-4H3. The van der Waals surface area contributed by atoms with Gasteiger partial charge in [-0.3, -0.25) is 4.79 Å². The highest BCUT2D eigenvalue weighted by Crippen LogP contribution is 2.22. The number of benzene rings is 1. The van der Waals surface area contributed by atoms with E-state index in [0.717, 1.165) is 21.8 Å². The first kappa shape index (κ1) is 18.1. The molecule has 0 N–H and O–H groups in total. The molecule has 1 amide bonds. The Balaban J connectivity index is 1.63. The fourth-order valence-corrected chi connectivity index (χ4v) is 3.14. The lowest BCUT2D eigenvalue weighted by molar-refractivity contribution is -0.137. The summed E-state index contributed by atoms with van der Waals surface area (Å²) in [5, 5.41) is 5.91. The van der Waals surface area contributed by atoms with Crippen molar-refractivity contribution >= 4 is 17.2 Å². The Morgan fingerprint density at radius 3 is 2.88 bits per heavy atom. The van der Waals surface area contributed by atoms with Gasteiger partial charge in [-0.1, -0.05) is 23.4 Å². The average molecular weight is 371 g/mol. The van der Waals surface area contributed by atoms with E-state index in [1.54, 1.807) is 14.0 Å². The van der Waals surface area contributed by atoms with Crippen LogP contribution in [0.3, 0.4) is 0 Å². The van der Waals surface area contributed by atoms with Gasteiger partial charge < -0.3 is 14.2 Å². The number of aromatic nitrogens is 2. The van der Waals surface area contributed by atoms with Crippen LogP contribution in [0.4, 0.5) is 0 Å². The Bertz CT molecular complexity index is 889. The Hall–Kier alpha value is -2.67. The molecule has 0 aliphatic heterocycles. The summed E-state index contributed by atoms with van der Waals surface area (Å²) in [4.78, 5) is 19.4. The van der Waals surface area contributed by atoms with E-state index in [9.17, 15) is 4.79 Å². The zero-order valence-electron chi connectivity index (χ0n) is 15.2. The Kier molecular flexibility index (Phi) is 5.37. The third kappa shape index (κ3) is 4.11. The second-order valence-corrected chi connectivity index (χ2v) is 7.16. The molecule has 26 heavy (non-hydrogen) atoms. The van der Waals surface area contributed by atoms with Gasteiger partial charge in [0.1, 0.15) is 5.75 Å². The number of hydrogen-bond acceptors (Lipinski definition) is 6. The highest BCUT2D eigenvalue weighted by atomic mass is 32.1. The molecule has 0 aliphatic rings. The van der Waals surface area contributed by atoms with E-state index in [0.29, 0.717) is 11.7 Å². The molecule has 6 nitrogen and oxygen atoms in total. The molecule has 0 saturated heterocycles. The Morgan fingerprint density at radius 2 is 2.15 bits per heavy atom. The van der Waals surface area contributed by atoms with Crippen molar-refractivity contribution < 1.29 is 14.1 Å². The SMILES string of the molecule is Cc1ccc(C)c(OC(C)C(=O)N(C)Cc2nc(-c3cccs3)no2)c1. The normalized spacial score (nSPS) is 12.0. The number of hydrogen-bond donors (Lipinski definition) is 0. The molecule has 0 bridgehead atoms. The summed E-state index contributed by atoms with van der Waals surface area (Å²) in [5.41, 5.74) is 2.08. The van der Waals surface area contributed by atoms with Crippen LogP contribution in [0.25, 0.3) is 10.7 Å². The largest absolute Gasteiger partial charge is 0.481 e. The highest BCUT2D eigenvalue weighted by molar-refractivity contribution is 7.13. The number of ether oxygens (including phenoxy) is 1. The maximum atomic E-state index is 12.6. The van der Waals surface area contributed by atoms with Crippen molar-refractivity contribution in [2.24, 2.45) is 0 Å². The van der Waals surface area contributed by atoms with E-state index < -0.39 is 6.10 Å². The van der Waals surface area contributed by atoms with Gasteiger partial charge in [0.05, 0.1) is 11.4 Å². The van der Waals surface area contributed by atoms with E-state index >= 15 is 0 Å². The predicted molar refractivity (Wildman–Crippen MR) is 100 cm³/mol. The van der Waals surface area contributed by atoms with Crippen LogP contribution < -0.4 is 4.74 Å². The molecule has 0 aliphatic carbocycles. The molecule has 1 atom stereocenters. The van der Waals surface area contributed by atoms with Gasteiger partial charge >= 0.3 is 0 Å². The molecular formula is C19H21N3O3S. The molecule has 2 heterocycles. The first-order valence-electron chi connectivity index (χ1n) is 8.29. The molecule has 2 aromatic heterocycles. The average Bonchev–Trinajstić information content (AvgIpc) is 3.28. The van der Waals surface area contributed by atoms with Crippen LogP contribution in [-0.4, -0.2) is 34.1 Å². The molecule has 0 fully saturated rings. The van der Waals surface area contributed by atoms with Crippen LogP contribution in [-0.2, 0) is 11.3 Å². The molecule has 7 heteroatoms. The van der Waals surface area contributed by atoms with Crippen molar-refractivity contribution in [3.05, 3.63) is 52.7 Å². The minimum atomic E-state index is -0.611. The zero-order chi connectivity index (χ0) is 18.7. The van der Waals surface area contributed by atoms with E-state index in [-0.39, 0.29) is 12.5 Å². The molecule has 3 rings (SSSR count). The van der Waals surface area contributed by atoms with Crippen molar-refractivity contribution in [1.29, 1.82) is 0 Å². The molecule has 3 aromatic rings. The summed E-state index contributed by atoms with van der Waals surface area (Å²) in [6.45, 7) is 5.93. The monoisotopic (exact) mass is 371 g/mol. The maximum Gasteiger partial charge on any atom is 0.263 e. The van der Waals surface area contributed by atoms with E-state index in [2.05, 4.69) is 10.1 Å². The third-order valence-electron chi connectivity index (χ3n) is 3.95. The van der Waals surface area contributed by atoms with Crippen molar-refractivity contribution in [3.8, 4) is 16.5 Å². The summed E-state index contributed by atoms with van der Waals surface area (Å²) in [5.74, 6) is 1.50. The minimum Gasteiger partial charge on any atom is -0.481 e. The first-order valence-corrected chi connectivity index (χ1v) is 9.17. The number of carbonyl (C=O) groups is 1. The molecular weight excluding hydrogens is 350 g/mol. The fraction of sp³-hybridized carbons (Fsp3) is 0.316. The van der Waals surface area contributed by atoms with Crippen LogP contribution in [0.5, 0.6) is 5.75 Å².